The Bertz CT molecular complexity index is 402. The summed E-state index contributed by atoms with van der Waals surface area (Å²) in [6.07, 6.45) is 3.59. The molecule has 4 heteroatoms. The van der Waals surface area contributed by atoms with E-state index < -0.39 is 0 Å². The molecular formula is C16H25NO3. The second-order valence-electron chi connectivity index (χ2n) is 6.95. The number of carbonyl (C=O) groups is 3. The molecule has 0 bridgehead atoms. The third-order valence-corrected chi connectivity index (χ3v) is 4.88. The second-order valence-corrected chi connectivity index (χ2v) is 6.95. The van der Waals surface area contributed by atoms with Crippen LogP contribution < -0.4 is 5.32 Å². The summed E-state index contributed by atoms with van der Waals surface area (Å²) in [6, 6.07) is 0. The molecule has 0 aromatic carbocycles. The van der Waals surface area contributed by atoms with E-state index in [0.717, 1.165) is 19.3 Å². The maximum Gasteiger partial charge on any atom is 0.226 e. The van der Waals surface area contributed by atoms with Gasteiger partial charge in [0.05, 0.1) is 0 Å². The van der Waals surface area contributed by atoms with Crippen molar-refractivity contribution in [2.24, 2.45) is 29.6 Å². The number of piperidine rings is 1. The highest BCUT2D eigenvalue weighted by Gasteiger charge is 2.37. The van der Waals surface area contributed by atoms with E-state index in [-0.39, 0.29) is 35.5 Å². The number of hydrogen-bond acceptors (Lipinski definition) is 3. The minimum Gasteiger partial charge on any atom is -0.299 e. The Morgan fingerprint density at radius 3 is 2.30 bits per heavy atom. The van der Waals surface area contributed by atoms with Gasteiger partial charge < -0.3 is 0 Å². The van der Waals surface area contributed by atoms with E-state index in [1.165, 1.54) is 0 Å². The molecule has 2 amide bonds. The molecule has 112 valence electrons. The standard InChI is InChI=1S/C16H25NO3/c1-9-4-11(3)16(20)13(5-9)10(2)6-12-7-14(18)17-15(19)8-12/h9-13H,4-8H2,1-3H3,(H,17,18,19)/t9-,10-,11-,13-/m0/s1. The summed E-state index contributed by atoms with van der Waals surface area (Å²) >= 11 is 0. The van der Waals surface area contributed by atoms with E-state index in [1.54, 1.807) is 0 Å². The molecule has 1 saturated heterocycles. The molecule has 0 spiro atoms. The first kappa shape index (κ1) is 15.2. The van der Waals surface area contributed by atoms with Crippen LogP contribution in [0.1, 0.15) is 52.9 Å². The molecule has 1 heterocycles. The third kappa shape index (κ3) is 3.47. The van der Waals surface area contributed by atoms with Crippen molar-refractivity contribution in [1.29, 1.82) is 0 Å². The zero-order valence-corrected chi connectivity index (χ0v) is 12.6. The van der Waals surface area contributed by atoms with Crippen molar-refractivity contribution in [3.63, 3.8) is 0 Å². The molecule has 4 nitrogen and oxygen atoms in total. The predicted octanol–water partition coefficient (Wildman–Crippen LogP) is 2.32. The van der Waals surface area contributed by atoms with E-state index >= 15 is 0 Å². The lowest BCUT2D eigenvalue weighted by Gasteiger charge is -2.35. The van der Waals surface area contributed by atoms with Gasteiger partial charge in [-0.15, -0.1) is 0 Å². The number of amides is 2. The van der Waals surface area contributed by atoms with Gasteiger partial charge in [-0.3, -0.25) is 19.7 Å². The van der Waals surface area contributed by atoms with Crippen molar-refractivity contribution in [1.82, 2.24) is 5.32 Å². The smallest absolute Gasteiger partial charge is 0.226 e. The van der Waals surface area contributed by atoms with Crippen LogP contribution in [-0.4, -0.2) is 17.6 Å². The van der Waals surface area contributed by atoms with Crippen LogP contribution in [0.15, 0.2) is 0 Å². The number of imide groups is 1. The van der Waals surface area contributed by atoms with Crippen LogP contribution in [-0.2, 0) is 14.4 Å². The van der Waals surface area contributed by atoms with Gasteiger partial charge >= 0.3 is 0 Å². The summed E-state index contributed by atoms with van der Waals surface area (Å²) in [5, 5.41) is 2.34. The van der Waals surface area contributed by atoms with Crippen molar-refractivity contribution >= 4 is 17.6 Å². The largest absolute Gasteiger partial charge is 0.299 e. The van der Waals surface area contributed by atoms with Crippen molar-refractivity contribution < 1.29 is 14.4 Å². The van der Waals surface area contributed by atoms with Crippen LogP contribution >= 0.6 is 0 Å². The zero-order valence-electron chi connectivity index (χ0n) is 12.6. The van der Waals surface area contributed by atoms with Gasteiger partial charge in [0.2, 0.25) is 11.8 Å². The number of hydrogen-bond donors (Lipinski definition) is 1. The van der Waals surface area contributed by atoms with E-state index in [4.69, 9.17) is 0 Å². The summed E-state index contributed by atoms with van der Waals surface area (Å²) < 4.78 is 0. The first-order valence-corrected chi connectivity index (χ1v) is 7.73. The highest BCUT2D eigenvalue weighted by Crippen LogP contribution is 2.37. The molecule has 1 aliphatic carbocycles. The summed E-state index contributed by atoms with van der Waals surface area (Å²) in [5.41, 5.74) is 0. The minimum absolute atomic E-state index is 0.103. The minimum atomic E-state index is -0.171. The van der Waals surface area contributed by atoms with E-state index in [0.29, 0.717) is 24.5 Å². The van der Waals surface area contributed by atoms with Gasteiger partial charge in [0.25, 0.3) is 0 Å². The molecule has 20 heavy (non-hydrogen) atoms. The SMILES string of the molecule is C[C@@H]1C[C@@H]([C@@H](C)CC2CC(=O)NC(=O)C2)C(=O)[C@@H](C)C1. The maximum absolute atomic E-state index is 12.3. The molecule has 4 atom stereocenters. The number of carbonyl (C=O) groups excluding carboxylic acids is 3. The van der Waals surface area contributed by atoms with Crippen LogP contribution in [0.4, 0.5) is 0 Å². The van der Waals surface area contributed by atoms with Crippen LogP contribution in [0.25, 0.3) is 0 Å². The summed E-state index contributed by atoms with van der Waals surface area (Å²) in [7, 11) is 0. The highest BCUT2D eigenvalue weighted by atomic mass is 16.2. The van der Waals surface area contributed by atoms with Gasteiger partial charge in [-0.2, -0.15) is 0 Å². The molecule has 0 aromatic rings. The molecule has 2 fully saturated rings. The first-order chi connectivity index (χ1) is 9.36. The predicted molar refractivity (Wildman–Crippen MR) is 75.7 cm³/mol. The fourth-order valence-corrected chi connectivity index (χ4v) is 3.95. The van der Waals surface area contributed by atoms with Crippen molar-refractivity contribution in [2.45, 2.75) is 52.9 Å². The van der Waals surface area contributed by atoms with Crippen molar-refractivity contribution in [2.75, 3.05) is 0 Å². The van der Waals surface area contributed by atoms with Gasteiger partial charge in [-0.1, -0.05) is 20.8 Å². The number of Topliss-reactive ketones (excluding diaryl/α,β-unsaturated/α-hetero) is 1. The fourth-order valence-electron chi connectivity index (χ4n) is 3.95. The quantitative estimate of drug-likeness (QED) is 0.806. The van der Waals surface area contributed by atoms with Gasteiger partial charge in [-0.05, 0) is 37.0 Å². The molecule has 2 aliphatic rings. The van der Waals surface area contributed by atoms with E-state index in [9.17, 15) is 14.4 Å². The Morgan fingerprint density at radius 1 is 1.10 bits per heavy atom. The molecule has 0 unspecified atom stereocenters. The number of rotatable bonds is 3. The van der Waals surface area contributed by atoms with Crippen LogP contribution in [0.3, 0.4) is 0 Å². The molecule has 0 aromatic heterocycles. The lowest BCUT2D eigenvalue weighted by molar-refractivity contribution is -0.135. The van der Waals surface area contributed by atoms with Crippen molar-refractivity contribution in [3.8, 4) is 0 Å². The summed E-state index contributed by atoms with van der Waals surface area (Å²) in [5.74, 6) is 1.25. The van der Waals surface area contributed by atoms with E-state index in [1.807, 2.05) is 6.92 Å². The van der Waals surface area contributed by atoms with Crippen LogP contribution in [0, 0.1) is 29.6 Å². The van der Waals surface area contributed by atoms with Crippen LogP contribution in [0.2, 0.25) is 0 Å². The summed E-state index contributed by atoms with van der Waals surface area (Å²) in [4.78, 5) is 35.2. The van der Waals surface area contributed by atoms with Crippen molar-refractivity contribution in [3.05, 3.63) is 0 Å². The monoisotopic (exact) mass is 279 g/mol. The first-order valence-electron chi connectivity index (χ1n) is 7.73. The highest BCUT2D eigenvalue weighted by molar-refractivity contribution is 5.97. The van der Waals surface area contributed by atoms with Gasteiger partial charge in [-0.25, -0.2) is 0 Å². The summed E-state index contributed by atoms with van der Waals surface area (Å²) in [6.45, 7) is 6.33. The molecule has 0 radical (unpaired) electrons. The molecular weight excluding hydrogens is 254 g/mol. The Kier molecular flexibility index (Phi) is 4.61. The van der Waals surface area contributed by atoms with Gasteiger partial charge in [0.1, 0.15) is 5.78 Å². The average Bonchev–Trinajstić information content (AvgIpc) is 2.32. The normalized spacial score (nSPS) is 34.0. The van der Waals surface area contributed by atoms with E-state index in [2.05, 4.69) is 19.2 Å². The van der Waals surface area contributed by atoms with Crippen LogP contribution in [0.5, 0.6) is 0 Å². The fraction of sp³-hybridized carbons (Fsp3) is 0.812. The maximum atomic E-state index is 12.3. The number of nitrogens with one attached hydrogen (secondary N) is 1. The molecule has 1 saturated carbocycles. The van der Waals surface area contributed by atoms with Gasteiger partial charge in [0.15, 0.2) is 0 Å². The molecule has 1 N–H and O–H groups in total. The number of ketones is 1. The third-order valence-electron chi connectivity index (χ3n) is 4.88. The zero-order chi connectivity index (χ0) is 14.9. The lowest BCUT2D eigenvalue weighted by Crippen LogP contribution is -2.40. The molecule has 2 rings (SSSR count). The topological polar surface area (TPSA) is 63.2 Å². The molecule has 1 aliphatic heterocycles. The second kappa shape index (κ2) is 6.06. The Balaban J connectivity index is 1.96. The Morgan fingerprint density at radius 2 is 1.70 bits per heavy atom. The van der Waals surface area contributed by atoms with Gasteiger partial charge in [0, 0.05) is 24.7 Å². The lowest BCUT2D eigenvalue weighted by atomic mass is 9.69. The average molecular weight is 279 g/mol. The Labute approximate surface area is 120 Å². The Hall–Kier alpha value is -1.19.